The third-order valence-corrected chi connectivity index (χ3v) is 4.99. The minimum Gasteiger partial charge on any atom is -0.377 e. The Morgan fingerprint density at radius 2 is 1.96 bits per heavy atom. The van der Waals surface area contributed by atoms with Crippen LogP contribution in [0.1, 0.15) is 75.5 Å². The van der Waals surface area contributed by atoms with Crippen LogP contribution in [0.3, 0.4) is 0 Å². The lowest BCUT2D eigenvalue weighted by atomic mass is 9.96. The Morgan fingerprint density at radius 1 is 1.21 bits per heavy atom. The molecule has 2 aliphatic rings. The third-order valence-electron chi connectivity index (χ3n) is 4.99. The van der Waals surface area contributed by atoms with Crippen molar-refractivity contribution < 1.29 is 14.1 Å². The molecule has 0 radical (unpaired) electrons. The highest BCUT2D eigenvalue weighted by atomic mass is 16.5. The molecule has 1 unspecified atom stereocenters. The van der Waals surface area contributed by atoms with E-state index in [2.05, 4.69) is 15.5 Å². The van der Waals surface area contributed by atoms with Crippen molar-refractivity contribution in [3.05, 3.63) is 11.7 Å². The summed E-state index contributed by atoms with van der Waals surface area (Å²) in [6.45, 7) is 1.07. The van der Waals surface area contributed by atoms with Crippen molar-refractivity contribution in [1.29, 1.82) is 0 Å². The fraction of sp³-hybridized carbons (Fsp3) is 0.824. The van der Waals surface area contributed by atoms with Crippen LogP contribution in [0.5, 0.6) is 0 Å². The number of rotatable bonds is 4. The Balaban J connectivity index is 1.69. The van der Waals surface area contributed by atoms with Gasteiger partial charge in [0.25, 0.3) is 0 Å². The fourth-order valence-electron chi connectivity index (χ4n) is 3.70. The molecule has 1 aromatic heterocycles. The summed E-state index contributed by atoms with van der Waals surface area (Å²) in [4.78, 5) is 19.2. The van der Waals surface area contributed by atoms with E-state index in [9.17, 15) is 4.79 Å². The second-order valence-electron chi connectivity index (χ2n) is 6.82. The van der Waals surface area contributed by atoms with Gasteiger partial charge in [0.2, 0.25) is 5.89 Å². The average Bonchev–Trinajstić information content (AvgIpc) is 2.91. The van der Waals surface area contributed by atoms with Crippen LogP contribution in [0.15, 0.2) is 4.52 Å². The second kappa shape index (κ2) is 8.46. The molecule has 1 aliphatic heterocycles. The molecular formula is C17H28N4O3. The first-order valence-electron chi connectivity index (χ1n) is 9.16. The lowest BCUT2D eigenvalue weighted by Gasteiger charge is -2.31. The van der Waals surface area contributed by atoms with Gasteiger partial charge in [-0.1, -0.05) is 37.3 Å². The lowest BCUT2D eigenvalue weighted by Crippen LogP contribution is -2.47. The summed E-state index contributed by atoms with van der Waals surface area (Å²) < 4.78 is 10.5. The summed E-state index contributed by atoms with van der Waals surface area (Å²) in [7, 11) is 1.60. The van der Waals surface area contributed by atoms with E-state index in [0.717, 1.165) is 45.1 Å². The smallest absolute Gasteiger partial charge is 0.318 e. The molecule has 0 spiro atoms. The summed E-state index contributed by atoms with van der Waals surface area (Å²) in [5.74, 6) is 1.06. The van der Waals surface area contributed by atoms with Gasteiger partial charge in [0.15, 0.2) is 5.82 Å². The molecule has 7 heteroatoms. The SMILES string of the molecule is COCc1noc(C2CCCCCN2C(=O)NC2CCCCC2)n1. The number of hydrogen-bond donors (Lipinski definition) is 1. The van der Waals surface area contributed by atoms with Crippen LogP contribution in [-0.4, -0.2) is 40.8 Å². The molecule has 3 rings (SSSR count). The number of likely N-dealkylation sites (tertiary alicyclic amines) is 1. The highest BCUT2D eigenvalue weighted by Gasteiger charge is 2.32. The van der Waals surface area contributed by atoms with Gasteiger partial charge in [-0.3, -0.25) is 0 Å². The first kappa shape index (κ1) is 17.2. The highest BCUT2D eigenvalue weighted by molar-refractivity contribution is 5.75. The van der Waals surface area contributed by atoms with E-state index in [1.54, 1.807) is 7.11 Å². The summed E-state index contributed by atoms with van der Waals surface area (Å²) in [5, 5.41) is 7.17. The number of urea groups is 1. The van der Waals surface area contributed by atoms with E-state index in [1.165, 1.54) is 19.3 Å². The van der Waals surface area contributed by atoms with Gasteiger partial charge in [0.05, 0.1) is 0 Å². The summed E-state index contributed by atoms with van der Waals surface area (Å²) in [6.07, 6.45) is 9.95. The maximum Gasteiger partial charge on any atom is 0.318 e. The van der Waals surface area contributed by atoms with Crippen LogP contribution in [0, 0.1) is 0 Å². The monoisotopic (exact) mass is 336 g/mol. The van der Waals surface area contributed by atoms with Crippen LogP contribution in [0.2, 0.25) is 0 Å². The molecule has 1 saturated carbocycles. The zero-order valence-corrected chi connectivity index (χ0v) is 14.5. The molecule has 24 heavy (non-hydrogen) atoms. The van der Waals surface area contributed by atoms with Crippen LogP contribution < -0.4 is 5.32 Å². The molecule has 1 saturated heterocycles. The van der Waals surface area contributed by atoms with E-state index in [1.807, 2.05) is 4.90 Å². The van der Waals surface area contributed by atoms with Crippen molar-refractivity contribution in [3.8, 4) is 0 Å². The molecule has 1 aromatic rings. The minimum absolute atomic E-state index is 0.0142. The lowest BCUT2D eigenvalue weighted by molar-refractivity contribution is 0.153. The van der Waals surface area contributed by atoms with Gasteiger partial charge in [0.1, 0.15) is 12.6 Å². The average molecular weight is 336 g/mol. The quantitative estimate of drug-likeness (QED) is 0.913. The molecule has 1 aliphatic carbocycles. The maximum absolute atomic E-state index is 12.8. The number of carbonyl (C=O) groups excluding carboxylic acids is 1. The standard InChI is InChI=1S/C17H28N4O3/c1-23-12-15-19-16(24-20-15)14-10-6-3-7-11-21(14)17(22)18-13-8-4-2-5-9-13/h13-14H,2-12H2,1H3,(H,18,22). The summed E-state index contributed by atoms with van der Waals surface area (Å²) in [6, 6.07) is 0.191. The molecule has 7 nitrogen and oxygen atoms in total. The predicted octanol–water partition coefficient (Wildman–Crippen LogP) is 3.18. The number of ether oxygens (including phenoxy) is 1. The highest BCUT2D eigenvalue weighted by Crippen LogP contribution is 2.29. The number of methoxy groups -OCH3 is 1. The van der Waals surface area contributed by atoms with Crippen molar-refractivity contribution >= 4 is 6.03 Å². The van der Waals surface area contributed by atoms with E-state index in [0.29, 0.717) is 24.4 Å². The largest absolute Gasteiger partial charge is 0.377 e. The molecule has 2 heterocycles. The summed E-state index contributed by atoms with van der Waals surface area (Å²) >= 11 is 0. The van der Waals surface area contributed by atoms with Gasteiger partial charge < -0.3 is 19.5 Å². The molecule has 134 valence electrons. The predicted molar refractivity (Wildman–Crippen MR) is 88.3 cm³/mol. The number of amides is 2. The summed E-state index contributed by atoms with van der Waals surface area (Å²) in [5.41, 5.74) is 0. The Labute approximate surface area is 143 Å². The molecular weight excluding hydrogens is 308 g/mol. The van der Waals surface area contributed by atoms with Gasteiger partial charge in [-0.2, -0.15) is 4.98 Å². The Hall–Kier alpha value is -1.63. The molecule has 0 aromatic carbocycles. The van der Waals surface area contributed by atoms with Crippen molar-refractivity contribution in [1.82, 2.24) is 20.4 Å². The van der Waals surface area contributed by atoms with E-state index in [-0.39, 0.29) is 12.1 Å². The first-order valence-corrected chi connectivity index (χ1v) is 9.16. The van der Waals surface area contributed by atoms with E-state index >= 15 is 0 Å². The number of nitrogens with zero attached hydrogens (tertiary/aromatic N) is 3. The number of nitrogens with one attached hydrogen (secondary N) is 1. The zero-order valence-electron chi connectivity index (χ0n) is 14.5. The van der Waals surface area contributed by atoms with E-state index in [4.69, 9.17) is 9.26 Å². The Morgan fingerprint density at radius 3 is 2.75 bits per heavy atom. The molecule has 1 N–H and O–H groups in total. The maximum atomic E-state index is 12.8. The van der Waals surface area contributed by atoms with Gasteiger partial charge in [-0.15, -0.1) is 0 Å². The topological polar surface area (TPSA) is 80.5 Å². The third kappa shape index (κ3) is 4.26. The van der Waals surface area contributed by atoms with Crippen LogP contribution >= 0.6 is 0 Å². The molecule has 2 amide bonds. The molecule has 2 fully saturated rings. The van der Waals surface area contributed by atoms with Crippen molar-refractivity contribution in [2.45, 2.75) is 76.5 Å². The zero-order chi connectivity index (χ0) is 16.8. The Kier molecular flexibility index (Phi) is 6.07. The van der Waals surface area contributed by atoms with Gasteiger partial charge in [-0.25, -0.2) is 4.79 Å². The minimum atomic E-state index is -0.130. The van der Waals surface area contributed by atoms with Crippen molar-refractivity contribution in [2.75, 3.05) is 13.7 Å². The van der Waals surface area contributed by atoms with Crippen LogP contribution in [0.4, 0.5) is 4.79 Å². The second-order valence-corrected chi connectivity index (χ2v) is 6.82. The van der Waals surface area contributed by atoms with Crippen molar-refractivity contribution in [2.24, 2.45) is 0 Å². The van der Waals surface area contributed by atoms with E-state index < -0.39 is 0 Å². The number of hydrogen-bond acceptors (Lipinski definition) is 5. The molecule has 1 atom stereocenters. The van der Waals surface area contributed by atoms with Gasteiger partial charge >= 0.3 is 6.03 Å². The number of carbonyl (C=O) groups is 1. The van der Waals surface area contributed by atoms with Crippen molar-refractivity contribution in [3.63, 3.8) is 0 Å². The number of aromatic nitrogens is 2. The Bertz CT molecular complexity index is 528. The normalized spacial score (nSPS) is 23.0. The van der Waals surface area contributed by atoms with Crippen LogP contribution in [-0.2, 0) is 11.3 Å². The van der Waals surface area contributed by atoms with Gasteiger partial charge in [-0.05, 0) is 25.7 Å². The van der Waals surface area contributed by atoms with Gasteiger partial charge in [0, 0.05) is 19.7 Å². The fourth-order valence-corrected chi connectivity index (χ4v) is 3.70. The van der Waals surface area contributed by atoms with Crippen LogP contribution in [0.25, 0.3) is 0 Å². The molecule has 0 bridgehead atoms. The first-order chi connectivity index (χ1) is 11.8.